The van der Waals surface area contributed by atoms with Gasteiger partial charge in [0.15, 0.2) is 0 Å². The van der Waals surface area contributed by atoms with E-state index in [1.807, 2.05) is 12.1 Å². The second-order valence-electron chi connectivity index (χ2n) is 15.2. The first-order valence-electron chi connectivity index (χ1n) is 18.7. The molecule has 54 heavy (non-hydrogen) atoms. The molecule has 0 saturated heterocycles. The number of hydrogen-bond acceptors (Lipinski definition) is 2. The lowest BCUT2D eigenvalue weighted by Crippen LogP contribution is -2.14. The molecule has 0 unspecified atom stereocenters. The lowest BCUT2D eigenvalue weighted by Gasteiger charge is -2.21. The van der Waals surface area contributed by atoms with Crippen molar-refractivity contribution in [2.24, 2.45) is 0 Å². The summed E-state index contributed by atoms with van der Waals surface area (Å²) < 4.78 is 15.8. The fourth-order valence-electron chi connectivity index (χ4n) is 9.47. The molecule has 1 aliphatic rings. The standard InChI is InChI=1S/C51H33NO2/c1-51(2)42-21-6-3-16-40(42)47-43(51)26-25-39-38-20-11-17-33(49(38)54-50(39)47)30-12-9-13-32(28-30)52-44-22-7-4-14-35(44)41-29-31(24-27-45(41)52)34-18-10-19-37-36-15-5-8-23-46(36)53-48(34)37/h3-29H,1-2H3. The normalized spacial score (nSPS) is 13.5. The minimum absolute atomic E-state index is 0.0832. The minimum atomic E-state index is -0.0832. The zero-order valence-corrected chi connectivity index (χ0v) is 29.9. The van der Waals surface area contributed by atoms with Gasteiger partial charge in [-0.25, -0.2) is 0 Å². The van der Waals surface area contributed by atoms with Crippen molar-refractivity contribution in [3.8, 4) is 39.1 Å². The van der Waals surface area contributed by atoms with Gasteiger partial charge < -0.3 is 13.4 Å². The van der Waals surface area contributed by atoms with Gasteiger partial charge in [-0.1, -0.05) is 141 Å². The van der Waals surface area contributed by atoms with Crippen LogP contribution >= 0.6 is 0 Å². The van der Waals surface area contributed by atoms with E-state index in [9.17, 15) is 0 Å². The average Bonchev–Trinajstić information content (AvgIpc) is 3.94. The van der Waals surface area contributed by atoms with Crippen molar-refractivity contribution in [3.63, 3.8) is 0 Å². The van der Waals surface area contributed by atoms with Gasteiger partial charge in [0.2, 0.25) is 0 Å². The maximum Gasteiger partial charge on any atom is 0.143 e. The molecule has 3 nitrogen and oxygen atoms in total. The van der Waals surface area contributed by atoms with Crippen LogP contribution in [-0.4, -0.2) is 4.57 Å². The molecule has 3 heterocycles. The van der Waals surface area contributed by atoms with Crippen molar-refractivity contribution in [1.82, 2.24) is 4.57 Å². The highest BCUT2D eigenvalue weighted by Crippen LogP contribution is 2.53. The van der Waals surface area contributed by atoms with E-state index < -0.39 is 0 Å². The first-order chi connectivity index (χ1) is 26.5. The maximum atomic E-state index is 6.99. The molecule has 0 bridgehead atoms. The number of fused-ring (bicyclic) bond motifs is 13. The Kier molecular flexibility index (Phi) is 5.84. The molecular weight excluding hydrogens is 659 g/mol. The summed E-state index contributed by atoms with van der Waals surface area (Å²) in [6, 6.07) is 59.1. The molecule has 12 rings (SSSR count). The van der Waals surface area contributed by atoms with Crippen LogP contribution in [0.5, 0.6) is 0 Å². The molecule has 8 aromatic carbocycles. The molecule has 0 aliphatic heterocycles. The van der Waals surface area contributed by atoms with Crippen LogP contribution in [-0.2, 0) is 5.41 Å². The van der Waals surface area contributed by atoms with E-state index in [4.69, 9.17) is 8.83 Å². The van der Waals surface area contributed by atoms with E-state index in [-0.39, 0.29) is 5.41 Å². The number of benzene rings is 8. The fraction of sp³-hybridized carbons (Fsp3) is 0.0588. The summed E-state index contributed by atoms with van der Waals surface area (Å²) in [6.07, 6.45) is 0. The highest BCUT2D eigenvalue weighted by Gasteiger charge is 2.37. The molecule has 0 atom stereocenters. The number of para-hydroxylation sites is 4. The number of nitrogens with zero attached hydrogens (tertiary/aromatic N) is 1. The van der Waals surface area contributed by atoms with Gasteiger partial charge in [-0.3, -0.25) is 0 Å². The lowest BCUT2D eigenvalue weighted by atomic mass is 9.82. The zero-order valence-electron chi connectivity index (χ0n) is 29.9. The van der Waals surface area contributed by atoms with Crippen molar-refractivity contribution in [2.75, 3.05) is 0 Å². The van der Waals surface area contributed by atoms with Gasteiger partial charge in [0.05, 0.1) is 11.0 Å². The largest absolute Gasteiger partial charge is 0.455 e. The van der Waals surface area contributed by atoms with E-state index in [0.717, 1.165) is 77.3 Å². The summed E-state index contributed by atoms with van der Waals surface area (Å²) in [5.74, 6) is 0. The fourth-order valence-corrected chi connectivity index (χ4v) is 9.47. The number of rotatable bonds is 3. The van der Waals surface area contributed by atoms with Gasteiger partial charge in [-0.2, -0.15) is 0 Å². The number of furan rings is 2. The van der Waals surface area contributed by atoms with Crippen LogP contribution in [0, 0.1) is 0 Å². The molecule has 1 aliphatic carbocycles. The van der Waals surface area contributed by atoms with Crippen molar-refractivity contribution < 1.29 is 8.83 Å². The van der Waals surface area contributed by atoms with Gasteiger partial charge in [0.25, 0.3) is 0 Å². The van der Waals surface area contributed by atoms with Crippen LogP contribution < -0.4 is 0 Å². The second-order valence-corrected chi connectivity index (χ2v) is 15.2. The highest BCUT2D eigenvalue weighted by molar-refractivity contribution is 6.16. The quantitative estimate of drug-likeness (QED) is 0.185. The molecule has 0 radical (unpaired) electrons. The van der Waals surface area contributed by atoms with Crippen LogP contribution in [0.2, 0.25) is 0 Å². The molecule has 0 fully saturated rings. The first kappa shape index (κ1) is 29.7. The van der Waals surface area contributed by atoms with Crippen LogP contribution in [0.1, 0.15) is 25.0 Å². The van der Waals surface area contributed by atoms with Gasteiger partial charge in [-0.05, 0) is 64.2 Å². The van der Waals surface area contributed by atoms with Gasteiger partial charge in [-0.15, -0.1) is 0 Å². The molecule has 0 N–H and O–H groups in total. The second kappa shape index (κ2) is 10.6. The minimum Gasteiger partial charge on any atom is -0.455 e. The third-order valence-corrected chi connectivity index (χ3v) is 12.0. The first-order valence-corrected chi connectivity index (χ1v) is 18.7. The molecule has 0 amide bonds. The summed E-state index contributed by atoms with van der Waals surface area (Å²) in [4.78, 5) is 0. The summed E-state index contributed by atoms with van der Waals surface area (Å²) in [6.45, 7) is 4.64. The summed E-state index contributed by atoms with van der Waals surface area (Å²) in [5, 5.41) is 7.00. The Morgan fingerprint density at radius 1 is 0.407 bits per heavy atom. The Hall–Kier alpha value is -6.84. The van der Waals surface area contributed by atoms with Crippen molar-refractivity contribution in [1.29, 1.82) is 0 Å². The molecule has 254 valence electrons. The van der Waals surface area contributed by atoms with Crippen molar-refractivity contribution >= 4 is 65.7 Å². The molecule has 3 aromatic heterocycles. The predicted molar refractivity (Wildman–Crippen MR) is 224 cm³/mol. The predicted octanol–water partition coefficient (Wildman–Crippen LogP) is 14.2. The molecule has 0 saturated carbocycles. The highest BCUT2D eigenvalue weighted by atomic mass is 16.3. The molecular formula is C51H33NO2. The van der Waals surface area contributed by atoms with Gasteiger partial charge in [0, 0.05) is 60.1 Å². The average molecular weight is 692 g/mol. The topological polar surface area (TPSA) is 31.2 Å². The van der Waals surface area contributed by atoms with Crippen LogP contribution in [0.3, 0.4) is 0 Å². The summed E-state index contributed by atoms with van der Waals surface area (Å²) >= 11 is 0. The van der Waals surface area contributed by atoms with E-state index in [1.54, 1.807) is 0 Å². The Morgan fingerprint density at radius 3 is 1.91 bits per heavy atom. The van der Waals surface area contributed by atoms with E-state index >= 15 is 0 Å². The van der Waals surface area contributed by atoms with Crippen molar-refractivity contribution in [2.45, 2.75) is 19.3 Å². The van der Waals surface area contributed by atoms with Crippen LogP contribution in [0.4, 0.5) is 0 Å². The number of aromatic nitrogens is 1. The molecule has 3 heteroatoms. The lowest BCUT2D eigenvalue weighted by molar-refractivity contribution is 0.653. The summed E-state index contributed by atoms with van der Waals surface area (Å²) in [5.41, 5.74) is 16.7. The molecule has 11 aromatic rings. The monoisotopic (exact) mass is 691 g/mol. The Bertz CT molecular complexity index is 3370. The zero-order chi connectivity index (χ0) is 35.7. The van der Waals surface area contributed by atoms with Crippen LogP contribution in [0.25, 0.3) is 105 Å². The third-order valence-electron chi connectivity index (χ3n) is 12.0. The smallest absolute Gasteiger partial charge is 0.143 e. The van der Waals surface area contributed by atoms with Crippen LogP contribution in [0.15, 0.2) is 173 Å². The molecule has 0 spiro atoms. The maximum absolute atomic E-state index is 6.99. The van der Waals surface area contributed by atoms with E-state index in [0.29, 0.717) is 0 Å². The third kappa shape index (κ3) is 3.91. The summed E-state index contributed by atoms with van der Waals surface area (Å²) in [7, 11) is 0. The van der Waals surface area contributed by atoms with E-state index in [1.165, 1.54) is 38.5 Å². The van der Waals surface area contributed by atoms with Gasteiger partial charge in [0.1, 0.15) is 22.3 Å². The van der Waals surface area contributed by atoms with Gasteiger partial charge >= 0.3 is 0 Å². The Labute approximate surface area is 311 Å². The van der Waals surface area contributed by atoms with Crippen molar-refractivity contribution in [3.05, 3.63) is 175 Å². The van der Waals surface area contributed by atoms with E-state index in [2.05, 4.69) is 170 Å². The Balaban J connectivity index is 1.03. The Morgan fingerprint density at radius 2 is 1.04 bits per heavy atom. The number of hydrogen-bond donors (Lipinski definition) is 0. The SMILES string of the molecule is CC1(C)c2ccccc2-c2c1ccc1c2oc2c(-c3cccc(-n4c5ccccc5c5cc(-c6cccc7c6oc6ccccc67)ccc54)c3)cccc21.